The van der Waals surface area contributed by atoms with Gasteiger partial charge in [-0.1, -0.05) is 20.3 Å². The van der Waals surface area contributed by atoms with Crippen LogP contribution < -0.4 is 11.6 Å². The first-order chi connectivity index (χ1) is 6.11. The monoisotopic (exact) mass is 184 g/mol. The highest BCUT2D eigenvalue weighted by Gasteiger charge is 2.28. The Morgan fingerprint density at radius 3 is 2.38 bits per heavy atom. The smallest absolute Gasteiger partial charge is 0.213 e. The number of guanidine groups is 1. The predicted molar refractivity (Wildman–Crippen MR) is 55.0 cm³/mol. The summed E-state index contributed by atoms with van der Waals surface area (Å²) in [6, 6.07) is 0. The second-order valence-electron chi connectivity index (χ2n) is 4.14. The van der Waals surface area contributed by atoms with E-state index in [-0.39, 0.29) is 0 Å². The van der Waals surface area contributed by atoms with Crippen molar-refractivity contribution in [3.8, 4) is 0 Å². The van der Waals surface area contributed by atoms with Crippen LogP contribution in [-0.4, -0.2) is 23.9 Å². The molecule has 1 rings (SSSR count). The van der Waals surface area contributed by atoms with E-state index in [0.29, 0.717) is 11.4 Å². The molecule has 0 aliphatic carbocycles. The number of hydrogen-bond acceptors (Lipinski definition) is 2. The number of piperidine rings is 1. The van der Waals surface area contributed by atoms with Gasteiger partial charge >= 0.3 is 0 Å². The summed E-state index contributed by atoms with van der Waals surface area (Å²) in [4.78, 5) is 2.05. The second kappa shape index (κ2) is 3.85. The number of likely N-dealkylation sites (tertiary alicyclic amines) is 1. The van der Waals surface area contributed by atoms with Gasteiger partial charge in [0, 0.05) is 13.1 Å². The summed E-state index contributed by atoms with van der Waals surface area (Å²) in [5.74, 6) is 5.59. The zero-order valence-electron chi connectivity index (χ0n) is 8.58. The molecular weight excluding hydrogens is 164 g/mol. The molecule has 4 nitrogen and oxygen atoms in total. The van der Waals surface area contributed by atoms with Gasteiger partial charge in [-0.2, -0.15) is 0 Å². The maximum Gasteiger partial charge on any atom is 0.213 e. The minimum absolute atomic E-state index is 0.471. The summed E-state index contributed by atoms with van der Waals surface area (Å²) in [5, 5.41) is 3.51. The molecule has 0 radical (unpaired) electrons. The first kappa shape index (κ1) is 10.2. The molecule has 1 aliphatic heterocycles. The molecule has 76 valence electrons. The topological polar surface area (TPSA) is 67.6 Å². The first-order valence-corrected chi connectivity index (χ1v) is 4.89. The third kappa shape index (κ3) is 2.26. The van der Waals surface area contributed by atoms with Crippen LogP contribution in [0.4, 0.5) is 0 Å². The summed E-state index contributed by atoms with van der Waals surface area (Å²) < 4.78 is 0. The molecule has 0 atom stereocenters. The first-order valence-electron chi connectivity index (χ1n) is 4.89. The second-order valence-corrected chi connectivity index (χ2v) is 4.14. The van der Waals surface area contributed by atoms with E-state index in [1.54, 1.807) is 0 Å². The molecule has 0 aromatic heterocycles. The van der Waals surface area contributed by atoms with E-state index < -0.39 is 0 Å². The van der Waals surface area contributed by atoms with E-state index in [0.717, 1.165) is 13.1 Å². The number of hydrazone groups is 1. The Kier molecular flexibility index (Phi) is 3.01. The van der Waals surface area contributed by atoms with Crippen molar-refractivity contribution in [1.29, 1.82) is 0 Å². The lowest BCUT2D eigenvalue weighted by atomic mass is 9.78. The van der Waals surface area contributed by atoms with Gasteiger partial charge in [0.25, 0.3) is 0 Å². The van der Waals surface area contributed by atoms with Gasteiger partial charge in [-0.05, 0) is 18.3 Å². The Morgan fingerprint density at radius 2 is 2.00 bits per heavy atom. The normalized spacial score (nSPS) is 23.2. The van der Waals surface area contributed by atoms with Gasteiger partial charge in [0.15, 0.2) is 0 Å². The van der Waals surface area contributed by atoms with Crippen LogP contribution in [-0.2, 0) is 0 Å². The van der Waals surface area contributed by atoms with Crippen molar-refractivity contribution >= 4 is 5.96 Å². The van der Waals surface area contributed by atoms with E-state index in [1.165, 1.54) is 19.3 Å². The predicted octanol–water partition coefficient (Wildman–Crippen LogP) is 0.687. The molecule has 1 aliphatic rings. The van der Waals surface area contributed by atoms with Crippen molar-refractivity contribution < 1.29 is 0 Å². The zero-order chi connectivity index (χ0) is 9.90. The Morgan fingerprint density at radius 1 is 1.46 bits per heavy atom. The fourth-order valence-corrected chi connectivity index (χ4v) is 1.71. The molecule has 0 aromatic rings. The standard InChI is InChI=1S/C9H20N4/c1-3-9(2)4-6-13(7-5-9)8(10)12-11/h3-7,11H2,1-2H3,(H2,10,12). The Bertz CT molecular complexity index is 192. The maximum atomic E-state index is 5.63. The van der Waals surface area contributed by atoms with E-state index in [9.17, 15) is 0 Å². The van der Waals surface area contributed by atoms with Crippen LogP contribution in [0.15, 0.2) is 5.10 Å². The summed E-state index contributed by atoms with van der Waals surface area (Å²) in [5.41, 5.74) is 6.12. The third-order valence-electron chi connectivity index (χ3n) is 3.28. The van der Waals surface area contributed by atoms with Crippen LogP contribution in [0.25, 0.3) is 0 Å². The van der Waals surface area contributed by atoms with Gasteiger partial charge in [-0.25, -0.2) is 0 Å². The highest BCUT2D eigenvalue weighted by molar-refractivity contribution is 5.77. The quantitative estimate of drug-likeness (QED) is 0.273. The Labute approximate surface area is 80.0 Å². The van der Waals surface area contributed by atoms with Crippen molar-refractivity contribution in [2.75, 3.05) is 13.1 Å². The fourth-order valence-electron chi connectivity index (χ4n) is 1.71. The minimum Gasteiger partial charge on any atom is -0.368 e. The largest absolute Gasteiger partial charge is 0.368 e. The number of nitrogens with zero attached hydrogens (tertiary/aromatic N) is 2. The molecule has 1 fully saturated rings. The molecule has 0 aromatic carbocycles. The van der Waals surface area contributed by atoms with Crippen molar-refractivity contribution in [3.05, 3.63) is 0 Å². The lowest BCUT2D eigenvalue weighted by Gasteiger charge is -2.39. The van der Waals surface area contributed by atoms with Crippen molar-refractivity contribution in [3.63, 3.8) is 0 Å². The molecule has 13 heavy (non-hydrogen) atoms. The molecule has 0 amide bonds. The molecule has 4 N–H and O–H groups in total. The average Bonchev–Trinajstić information content (AvgIpc) is 2.18. The molecule has 0 saturated carbocycles. The fraction of sp³-hybridized carbons (Fsp3) is 0.889. The van der Waals surface area contributed by atoms with Crippen molar-refractivity contribution in [2.45, 2.75) is 33.1 Å². The van der Waals surface area contributed by atoms with Gasteiger partial charge in [-0.15, -0.1) is 5.10 Å². The van der Waals surface area contributed by atoms with E-state index >= 15 is 0 Å². The van der Waals surface area contributed by atoms with Crippen LogP contribution in [0.3, 0.4) is 0 Å². The van der Waals surface area contributed by atoms with Crippen LogP contribution in [0.5, 0.6) is 0 Å². The van der Waals surface area contributed by atoms with Crippen molar-refractivity contribution in [2.24, 2.45) is 22.1 Å². The Balaban J connectivity index is 2.48. The maximum absolute atomic E-state index is 5.63. The average molecular weight is 184 g/mol. The van der Waals surface area contributed by atoms with Gasteiger partial charge in [0.2, 0.25) is 5.96 Å². The highest BCUT2D eigenvalue weighted by atomic mass is 15.3. The Hall–Kier alpha value is -0.930. The van der Waals surface area contributed by atoms with Crippen LogP contribution >= 0.6 is 0 Å². The van der Waals surface area contributed by atoms with E-state index in [4.69, 9.17) is 11.6 Å². The van der Waals surface area contributed by atoms with Crippen LogP contribution in [0.2, 0.25) is 0 Å². The minimum atomic E-state index is 0.471. The van der Waals surface area contributed by atoms with Gasteiger partial charge < -0.3 is 16.5 Å². The summed E-state index contributed by atoms with van der Waals surface area (Å²) in [6.45, 7) is 6.55. The molecular formula is C9H20N4. The molecule has 1 heterocycles. The van der Waals surface area contributed by atoms with E-state index in [1.807, 2.05) is 0 Å². The molecule has 0 bridgehead atoms. The van der Waals surface area contributed by atoms with Gasteiger partial charge in [0.1, 0.15) is 0 Å². The van der Waals surface area contributed by atoms with Crippen molar-refractivity contribution in [1.82, 2.24) is 4.90 Å². The third-order valence-corrected chi connectivity index (χ3v) is 3.28. The zero-order valence-corrected chi connectivity index (χ0v) is 8.58. The summed E-state index contributed by atoms with van der Waals surface area (Å²) in [6.07, 6.45) is 3.60. The molecule has 4 heteroatoms. The molecule has 0 unspecified atom stereocenters. The van der Waals surface area contributed by atoms with Gasteiger partial charge in [-0.3, -0.25) is 0 Å². The highest BCUT2D eigenvalue weighted by Crippen LogP contribution is 2.33. The van der Waals surface area contributed by atoms with Gasteiger partial charge in [0.05, 0.1) is 0 Å². The van der Waals surface area contributed by atoms with E-state index in [2.05, 4.69) is 23.8 Å². The number of hydrogen-bond donors (Lipinski definition) is 2. The summed E-state index contributed by atoms with van der Waals surface area (Å²) >= 11 is 0. The van der Waals surface area contributed by atoms with Crippen LogP contribution in [0.1, 0.15) is 33.1 Å². The molecule has 0 spiro atoms. The number of nitrogens with two attached hydrogens (primary N) is 2. The molecule has 1 saturated heterocycles. The van der Waals surface area contributed by atoms with Crippen LogP contribution in [0, 0.1) is 5.41 Å². The lowest BCUT2D eigenvalue weighted by molar-refractivity contribution is 0.161. The summed E-state index contributed by atoms with van der Waals surface area (Å²) in [7, 11) is 0. The SMILES string of the molecule is CCC1(C)CCN(C(N)=NN)CC1. The number of rotatable bonds is 1. The lowest BCUT2D eigenvalue weighted by Crippen LogP contribution is -2.45.